The van der Waals surface area contributed by atoms with E-state index in [2.05, 4.69) is 9.97 Å². The van der Waals surface area contributed by atoms with Crippen LogP contribution < -0.4 is 5.56 Å². The van der Waals surface area contributed by atoms with Crippen LogP contribution in [0, 0.1) is 0 Å². The molecule has 2 aromatic rings. The summed E-state index contributed by atoms with van der Waals surface area (Å²) >= 11 is 1.24. The Kier molecular flexibility index (Phi) is 3.34. The first kappa shape index (κ1) is 11.5. The molecule has 0 unspecified atom stereocenters. The number of hydrogen-bond donors (Lipinski definition) is 1. The van der Waals surface area contributed by atoms with Crippen molar-refractivity contribution in [2.45, 2.75) is 6.92 Å². The molecule has 6 heteroatoms. The molecular weight excluding hydrogens is 240 g/mol. The van der Waals surface area contributed by atoms with Crippen LogP contribution in [-0.4, -0.2) is 22.5 Å². The zero-order valence-electron chi connectivity index (χ0n) is 9.10. The van der Waals surface area contributed by atoms with Crippen LogP contribution in [0.25, 0.3) is 10.6 Å². The normalized spacial score (nSPS) is 10.2. The van der Waals surface area contributed by atoms with Crippen LogP contribution in [0.1, 0.15) is 17.4 Å². The van der Waals surface area contributed by atoms with Gasteiger partial charge in [0, 0.05) is 11.6 Å². The van der Waals surface area contributed by atoms with Gasteiger partial charge in [0.2, 0.25) is 0 Å². The first-order valence-corrected chi connectivity index (χ1v) is 5.91. The molecule has 2 aromatic heterocycles. The Hall–Kier alpha value is -1.95. The number of carbonyl (C=O) groups is 1. The van der Waals surface area contributed by atoms with Gasteiger partial charge < -0.3 is 9.72 Å². The zero-order chi connectivity index (χ0) is 12.3. The summed E-state index contributed by atoms with van der Waals surface area (Å²) in [6.45, 7) is 2.03. The highest BCUT2D eigenvalue weighted by molar-refractivity contribution is 7.13. The van der Waals surface area contributed by atoms with E-state index in [9.17, 15) is 9.59 Å². The summed E-state index contributed by atoms with van der Waals surface area (Å²) in [5.41, 5.74) is 0.459. The Morgan fingerprint density at radius 2 is 2.41 bits per heavy atom. The minimum Gasteiger partial charge on any atom is -0.461 e. The van der Waals surface area contributed by atoms with Crippen LogP contribution in [-0.2, 0) is 4.74 Å². The number of esters is 1. The zero-order valence-corrected chi connectivity index (χ0v) is 9.91. The number of pyridine rings is 1. The smallest absolute Gasteiger partial charge is 0.357 e. The standard InChI is InChI=1S/C11H10N2O3S/c1-2-16-11(15)8-6-17-10(13-8)7-4-3-5-12-9(7)14/h3-6H,2H2,1H3,(H,12,14). The Balaban J connectivity index is 2.34. The summed E-state index contributed by atoms with van der Waals surface area (Å²) in [6, 6.07) is 3.37. The number of carbonyl (C=O) groups excluding carboxylic acids is 1. The average Bonchev–Trinajstić information content (AvgIpc) is 2.79. The number of thiazole rings is 1. The van der Waals surface area contributed by atoms with E-state index in [1.54, 1.807) is 30.6 Å². The molecule has 0 aliphatic carbocycles. The summed E-state index contributed by atoms with van der Waals surface area (Å²) in [4.78, 5) is 29.6. The van der Waals surface area contributed by atoms with Crippen molar-refractivity contribution in [3.63, 3.8) is 0 Å². The summed E-state index contributed by atoms with van der Waals surface area (Å²) in [6.07, 6.45) is 1.55. The van der Waals surface area contributed by atoms with Gasteiger partial charge in [-0.05, 0) is 19.1 Å². The first-order valence-electron chi connectivity index (χ1n) is 5.03. The Morgan fingerprint density at radius 3 is 3.12 bits per heavy atom. The molecule has 88 valence electrons. The minimum atomic E-state index is -0.470. The van der Waals surface area contributed by atoms with Crippen molar-refractivity contribution in [3.8, 4) is 10.6 Å². The molecule has 17 heavy (non-hydrogen) atoms. The maximum Gasteiger partial charge on any atom is 0.357 e. The highest BCUT2D eigenvalue weighted by atomic mass is 32.1. The van der Waals surface area contributed by atoms with Crippen molar-refractivity contribution in [1.29, 1.82) is 0 Å². The van der Waals surface area contributed by atoms with Gasteiger partial charge in [0.05, 0.1) is 12.2 Å². The monoisotopic (exact) mass is 250 g/mol. The van der Waals surface area contributed by atoms with Crippen molar-refractivity contribution in [3.05, 3.63) is 39.8 Å². The van der Waals surface area contributed by atoms with Gasteiger partial charge in [0.25, 0.3) is 5.56 Å². The van der Waals surface area contributed by atoms with Crippen LogP contribution in [0.2, 0.25) is 0 Å². The van der Waals surface area contributed by atoms with Crippen LogP contribution >= 0.6 is 11.3 Å². The number of ether oxygens (including phenoxy) is 1. The van der Waals surface area contributed by atoms with Crippen molar-refractivity contribution in [2.24, 2.45) is 0 Å². The maximum absolute atomic E-state index is 11.5. The lowest BCUT2D eigenvalue weighted by molar-refractivity contribution is 0.0520. The topological polar surface area (TPSA) is 72.1 Å². The molecule has 0 radical (unpaired) electrons. The fourth-order valence-electron chi connectivity index (χ4n) is 1.29. The lowest BCUT2D eigenvalue weighted by atomic mass is 10.3. The largest absolute Gasteiger partial charge is 0.461 e. The number of H-pyrrole nitrogens is 1. The number of hydrogen-bond acceptors (Lipinski definition) is 5. The summed E-state index contributed by atoms with van der Waals surface area (Å²) < 4.78 is 4.83. The van der Waals surface area contributed by atoms with Gasteiger partial charge in [0.1, 0.15) is 5.01 Å². The van der Waals surface area contributed by atoms with Crippen LogP contribution in [0.15, 0.2) is 28.5 Å². The molecular formula is C11H10N2O3S. The second kappa shape index (κ2) is 4.92. The molecule has 0 aromatic carbocycles. The number of nitrogens with one attached hydrogen (secondary N) is 1. The molecule has 0 fully saturated rings. The summed E-state index contributed by atoms with van der Waals surface area (Å²) in [5, 5.41) is 2.09. The third-order valence-corrected chi connectivity index (χ3v) is 2.91. The Labute approximate surface area is 101 Å². The molecule has 0 bridgehead atoms. The quantitative estimate of drug-likeness (QED) is 0.841. The summed E-state index contributed by atoms with van der Waals surface area (Å²) in [5.74, 6) is -0.470. The van der Waals surface area contributed by atoms with Crippen molar-refractivity contribution in [2.75, 3.05) is 6.61 Å². The van der Waals surface area contributed by atoms with Gasteiger partial charge in [0.15, 0.2) is 5.69 Å². The molecule has 0 aliphatic heterocycles. The van der Waals surface area contributed by atoms with Crippen LogP contribution in [0.4, 0.5) is 0 Å². The van der Waals surface area contributed by atoms with Gasteiger partial charge in [-0.1, -0.05) is 0 Å². The van der Waals surface area contributed by atoms with Gasteiger partial charge >= 0.3 is 5.97 Å². The van der Waals surface area contributed by atoms with Crippen molar-refractivity contribution >= 4 is 17.3 Å². The number of aromatic nitrogens is 2. The average molecular weight is 250 g/mol. The lowest BCUT2D eigenvalue weighted by Gasteiger charge is -1.96. The molecule has 1 N–H and O–H groups in total. The van der Waals surface area contributed by atoms with Crippen molar-refractivity contribution < 1.29 is 9.53 Å². The fourth-order valence-corrected chi connectivity index (χ4v) is 2.10. The van der Waals surface area contributed by atoms with Gasteiger partial charge in [-0.2, -0.15) is 0 Å². The SMILES string of the molecule is CCOC(=O)c1csc(-c2ccc[nH]c2=O)n1. The molecule has 0 saturated carbocycles. The number of aromatic amines is 1. The van der Waals surface area contributed by atoms with Gasteiger partial charge in [-0.15, -0.1) is 11.3 Å². The molecule has 0 saturated heterocycles. The first-order chi connectivity index (χ1) is 8.22. The van der Waals surface area contributed by atoms with Crippen molar-refractivity contribution in [1.82, 2.24) is 9.97 Å². The molecule has 2 rings (SSSR count). The lowest BCUT2D eigenvalue weighted by Crippen LogP contribution is -2.08. The predicted octanol–water partition coefficient (Wildman–Crippen LogP) is 1.68. The van der Waals surface area contributed by atoms with E-state index < -0.39 is 5.97 Å². The molecule has 5 nitrogen and oxygen atoms in total. The van der Waals surface area contributed by atoms with Crippen LogP contribution in [0.5, 0.6) is 0 Å². The highest BCUT2D eigenvalue weighted by Gasteiger charge is 2.13. The van der Waals surface area contributed by atoms with Gasteiger partial charge in [-0.3, -0.25) is 4.79 Å². The van der Waals surface area contributed by atoms with E-state index in [1.807, 2.05) is 0 Å². The second-order valence-corrected chi connectivity index (χ2v) is 4.03. The van der Waals surface area contributed by atoms with Gasteiger partial charge in [-0.25, -0.2) is 9.78 Å². The van der Waals surface area contributed by atoms with E-state index in [4.69, 9.17) is 4.74 Å². The number of nitrogens with zero attached hydrogens (tertiary/aromatic N) is 1. The molecule has 0 atom stereocenters. The summed E-state index contributed by atoms with van der Waals surface area (Å²) in [7, 11) is 0. The number of rotatable bonds is 3. The highest BCUT2D eigenvalue weighted by Crippen LogP contribution is 2.20. The molecule has 0 amide bonds. The minimum absolute atomic E-state index is 0.225. The fraction of sp³-hybridized carbons (Fsp3) is 0.182. The second-order valence-electron chi connectivity index (χ2n) is 3.17. The Bertz CT molecular complexity index is 588. The third-order valence-electron chi connectivity index (χ3n) is 2.04. The molecule has 0 spiro atoms. The van der Waals surface area contributed by atoms with E-state index in [1.165, 1.54) is 11.3 Å². The maximum atomic E-state index is 11.5. The third kappa shape index (κ3) is 2.42. The van der Waals surface area contributed by atoms with E-state index >= 15 is 0 Å². The van der Waals surface area contributed by atoms with Crippen LogP contribution in [0.3, 0.4) is 0 Å². The van der Waals surface area contributed by atoms with E-state index in [0.717, 1.165) is 0 Å². The van der Waals surface area contributed by atoms with E-state index in [-0.39, 0.29) is 11.3 Å². The van der Waals surface area contributed by atoms with E-state index in [0.29, 0.717) is 17.2 Å². The predicted molar refractivity (Wildman–Crippen MR) is 64.1 cm³/mol. The molecule has 2 heterocycles. The molecule has 0 aliphatic rings. The Morgan fingerprint density at radius 1 is 1.59 bits per heavy atom.